The second-order valence-corrected chi connectivity index (χ2v) is 8.02. The Morgan fingerprint density at radius 3 is 2.18 bits per heavy atom. The molecule has 0 aromatic heterocycles. The maximum absolute atomic E-state index is 12.5. The standard InChI is InChI=1S/C15H28N2O4S/c1-4-7-10-16(9-5-2)14(18)15(19)17(6-3)13-8-11-22(20,21)12-13/h13H,4-12H2,1-3H3. The summed E-state index contributed by atoms with van der Waals surface area (Å²) in [7, 11) is -3.07. The highest BCUT2D eigenvalue weighted by molar-refractivity contribution is 7.91. The van der Waals surface area contributed by atoms with Gasteiger partial charge in [-0.3, -0.25) is 9.59 Å². The lowest BCUT2D eigenvalue weighted by Crippen LogP contribution is -2.50. The predicted octanol–water partition coefficient (Wildman–Crippen LogP) is 1.06. The molecule has 6 nitrogen and oxygen atoms in total. The fourth-order valence-electron chi connectivity index (χ4n) is 2.78. The predicted molar refractivity (Wildman–Crippen MR) is 86.2 cm³/mol. The van der Waals surface area contributed by atoms with Gasteiger partial charge in [0.2, 0.25) is 0 Å². The van der Waals surface area contributed by atoms with Gasteiger partial charge in [0.15, 0.2) is 9.84 Å². The highest BCUT2D eigenvalue weighted by Crippen LogP contribution is 2.18. The SMILES string of the molecule is CCCCN(CCC)C(=O)C(=O)N(CC)C1CCS(=O)(=O)C1. The molecule has 0 bridgehead atoms. The summed E-state index contributed by atoms with van der Waals surface area (Å²) in [5.74, 6) is -0.983. The van der Waals surface area contributed by atoms with Crippen molar-refractivity contribution < 1.29 is 18.0 Å². The number of rotatable bonds is 7. The Kier molecular flexibility index (Phi) is 7.32. The quantitative estimate of drug-likeness (QED) is 0.653. The molecule has 0 saturated carbocycles. The monoisotopic (exact) mass is 332 g/mol. The third-order valence-electron chi connectivity index (χ3n) is 4.00. The Morgan fingerprint density at radius 1 is 1.05 bits per heavy atom. The first-order valence-electron chi connectivity index (χ1n) is 8.16. The average molecular weight is 332 g/mol. The van der Waals surface area contributed by atoms with Crippen LogP contribution in [-0.2, 0) is 19.4 Å². The fraction of sp³-hybridized carbons (Fsp3) is 0.867. The topological polar surface area (TPSA) is 74.8 Å². The summed E-state index contributed by atoms with van der Waals surface area (Å²) in [5.41, 5.74) is 0. The van der Waals surface area contributed by atoms with E-state index in [1.54, 1.807) is 11.8 Å². The largest absolute Gasteiger partial charge is 0.334 e. The molecular formula is C15H28N2O4S. The van der Waals surface area contributed by atoms with Crippen LogP contribution < -0.4 is 0 Å². The third kappa shape index (κ3) is 4.97. The van der Waals surface area contributed by atoms with Gasteiger partial charge in [-0.25, -0.2) is 8.42 Å². The fourth-order valence-corrected chi connectivity index (χ4v) is 4.51. The number of amides is 2. The highest BCUT2D eigenvalue weighted by atomic mass is 32.2. The van der Waals surface area contributed by atoms with Crippen molar-refractivity contribution in [1.82, 2.24) is 9.80 Å². The molecule has 7 heteroatoms. The normalized spacial score (nSPS) is 19.9. The minimum atomic E-state index is -3.07. The highest BCUT2D eigenvalue weighted by Gasteiger charge is 2.37. The van der Waals surface area contributed by atoms with Crippen LogP contribution in [0.1, 0.15) is 46.5 Å². The minimum absolute atomic E-state index is 0.0252. The number of hydrogen-bond donors (Lipinski definition) is 0. The number of carbonyl (C=O) groups is 2. The smallest absolute Gasteiger partial charge is 0.312 e. The average Bonchev–Trinajstić information content (AvgIpc) is 2.83. The van der Waals surface area contributed by atoms with Gasteiger partial charge in [-0.1, -0.05) is 20.3 Å². The Labute approximate surface area is 133 Å². The lowest BCUT2D eigenvalue weighted by Gasteiger charge is -2.29. The molecule has 1 fully saturated rings. The molecule has 22 heavy (non-hydrogen) atoms. The van der Waals surface area contributed by atoms with Gasteiger partial charge in [-0.2, -0.15) is 0 Å². The zero-order valence-electron chi connectivity index (χ0n) is 13.9. The van der Waals surface area contributed by atoms with E-state index in [2.05, 4.69) is 0 Å². The molecule has 0 aromatic carbocycles. The summed E-state index contributed by atoms with van der Waals surface area (Å²) in [6.45, 7) is 7.29. The molecule has 1 heterocycles. The summed E-state index contributed by atoms with van der Waals surface area (Å²) in [6.07, 6.45) is 3.05. The van der Waals surface area contributed by atoms with Crippen LogP contribution in [0.15, 0.2) is 0 Å². The van der Waals surface area contributed by atoms with E-state index in [0.29, 0.717) is 26.1 Å². The van der Waals surface area contributed by atoms with Gasteiger partial charge in [-0.15, -0.1) is 0 Å². The molecule has 1 aliphatic heterocycles. The van der Waals surface area contributed by atoms with E-state index in [0.717, 1.165) is 19.3 Å². The Hall–Kier alpha value is -1.11. The van der Waals surface area contributed by atoms with E-state index in [1.807, 2.05) is 13.8 Å². The Bertz CT molecular complexity index is 490. The molecule has 1 saturated heterocycles. The van der Waals surface area contributed by atoms with Crippen LogP contribution in [0.2, 0.25) is 0 Å². The molecule has 0 aromatic rings. The number of unbranched alkanes of at least 4 members (excludes halogenated alkanes) is 1. The van der Waals surface area contributed by atoms with Crippen molar-refractivity contribution in [2.75, 3.05) is 31.1 Å². The van der Waals surface area contributed by atoms with Crippen molar-refractivity contribution in [2.45, 2.75) is 52.5 Å². The first-order chi connectivity index (χ1) is 10.4. The summed E-state index contributed by atoms with van der Waals surface area (Å²) in [5, 5.41) is 0. The van der Waals surface area contributed by atoms with E-state index in [4.69, 9.17) is 0 Å². The number of hydrogen-bond acceptors (Lipinski definition) is 4. The lowest BCUT2D eigenvalue weighted by molar-refractivity contribution is -0.153. The zero-order chi connectivity index (χ0) is 16.8. The molecule has 128 valence electrons. The Balaban J connectivity index is 2.78. The van der Waals surface area contributed by atoms with E-state index < -0.39 is 21.7 Å². The van der Waals surface area contributed by atoms with Crippen molar-refractivity contribution in [3.8, 4) is 0 Å². The Morgan fingerprint density at radius 2 is 1.73 bits per heavy atom. The summed E-state index contributed by atoms with van der Waals surface area (Å²) in [6, 6.07) is -0.360. The van der Waals surface area contributed by atoms with Gasteiger partial charge in [0, 0.05) is 25.7 Å². The van der Waals surface area contributed by atoms with E-state index in [1.165, 1.54) is 4.90 Å². The first kappa shape index (κ1) is 18.9. The minimum Gasteiger partial charge on any atom is -0.334 e. The molecular weight excluding hydrogens is 304 g/mol. The van der Waals surface area contributed by atoms with Crippen LogP contribution in [0, 0.1) is 0 Å². The maximum atomic E-state index is 12.5. The van der Waals surface area contributed by atoms with Gasteiger partial charge >= 0.3 is 11.8 Å². The molecule has 1 unspecified atom stereocenters. The van der Waals surface area contributed by atoms with E-state index >= 15 is 0 Å². The van der Waals surface area contributed by atoms with Gasteiger partial charge in [0.25, 0.3) is 0 Å². The molecule has 1 atom stereocenters. The van der Waals surface area contributed by atoms with Crippen molar-refractivity contribution >= 4 is 21.7 Å². The lowest BCUT2D eigenvalue weighted by atomic mass is 10.2. The number of likely N-dealkylation sites (N-methyl/N-ethyl adjacent to an activating group) is 1. The number of sulfone groups is 1. The van der Waals surface area contributed by atoms with Crippen molar-refractivity contribution in [2.24, 2.45) is 0 Å². The molecule has 1 aliphatic rings. The van der Waals surface area contributed by atoms with Gasteiger partial charge in [0.05, 0.1) is 11.5 Å². The zero-order valence-corrected chi connectivity index (χ0v) is 14.7. The van der Waals surface area contributed by atoms with Gasteiger partial charge in [-0.05, 0) is 26.2 Å². The molecule has 1 rings (SSSR count). The van der Waals surface area contributed by atoms with E-state index in [-0.39, 0.29) is 17.5 Å². The number of nitrogens with zero attached hydrogens (tertiary/aromatic N) is 2. The first-order valence-corrected chi connectivity index (χ1v) is 9.98. The third-order valence-corrected chi connectivity index (χ3v) is 5.75. The molecule has 0 N–H and O–H groups in total. The van der Waals surface area contributed by atoms with Gasteiger partial charge in [0.1, 0.15) is 0 Å². The van der Waals surface area contributed by atoms with Gasteiger partial charge < -0.3 is 9.80 Å². The van der Waals surface area contributed by atoms with Crippen LogP contribution in [-0.4, -0.2) is 67.2 Å². The summed E-state index contributed by atoms with van der Waals surface area (Å²) in [4.78, 5) is 28.0. The molecule has 0 aliphatic carbocycles. The van der Waals surface area contributed by atoms with Crippen LogP contribution in [0.4, 0.5) is 0 Å². The maximum Gasteiger partial charge on any atom is 0.312 e. The van der Waals surface area contributed by atoms with Crippen molar-refractivity contribution in [3.63, 3.8) is 0 Å². The van der Waals surface area contributed by atoms with Crippen LogP contribution in [0.3, 0.4) is 0 Å². The second kappa shape index (κ2) is 8.50. The molecule has 0 radical (unpaired) electrons. The number of carbonyl (C=O) groups excluding carboxylic acids is 2. The molecule has 2 amide bonds. The summed E-state index contributed by atoms with van der Waals surface area (Å²) < 4.78 is 23.2. The van der Waals surface area contributed by atoms with Crippen LogP contribution >= 0.6 is 0 Å². The van der Waals surface area contributed by atoms with E-state index in [9.17, 15) is 18.0 Å². The van der Waals surface area contributed by atoms with Crippen LogP contribution in [0.5, 0.6) is 0 Å². The summed E-state index contributed by atoms with van der Waals surface area (Å²) >= 11 is 0. The van der Waals surface area contributed by atoms with Crippen molar-refractivity contribution in [3.05, 3.63) is 0 Å². The van der Waals surface area contributed by atoms with Crippen molar-refractivity contribution in [1.29, 1.82) is 0 Å². The molecule has 0 spiro atoms. The second-order valence-electron chi connectivity index (χ2n) is 5.79. The van der Waals surface area contributed by atoms with Crippen LogP contribution in [0.25, 0.3) is 0 Å².